The van der Waals surface area contributed by atoms with Gasteiger partial charge in [0.15, 0.2) is 0 Å². The molecule has 0 radical (unpaired) electrons. The van der Waals surface area contributed by atoms with Crippen LogP contribution in [0.3, 0.4) is 0 Å². The molecule has 6 nitrogen and oxygen atoms in total. The quantitative estimate of drug-likeness (QED) is 0.572. The lowest BCUT2D eigenvalue weighted by atomic mass is 10.1. The van der Waals surface area contributed by atoms with Crippen LogP contribution in [-0.4, -0.2) is 29.1 Å². The molecule has 19 heavy (non-hydrogen) atoms. The Morgan fingerprint density at radius 2 is 1.84 bits per heavy atom. The van der Waals surface area contributed by atoms with E-state index in [1.807, 2.05) is 6.07 Å². The first-order chi connectivity index (χ1) is 8.99. The lowest BCUT2D eigenvalue weighted by Gasteiger charge is -2.08. The Morgan fingerprint density at radius 3 is 2.42 bits per heavy atom. The minimum atomic E-state index is -1.10. The number of carboxylic acids is 1. The van der Waals surface area contributed by atoms with Gasteiger partial charge in [-0.15, -0.1) is 0 Å². The highest BCUT2D eigenvalue weighted by molar-refractivity contribution is 5.89. The molecule has 0 spiro atoms. The maximum atomic E-state index is 11.5. The van der Waals surface area contributed by atoms with E-state index >= 15 is 0 Å². The van der Waals surface area contributed by atoms with Crippen molar-refractivity contribution in [2.24, 2.45) is 5.73 Å². The molecular weight excluding hydrogens is 250 g/mol. The van der Waals surface area contributed by atoms with Crippen LogP contribution in [0.5, 0.6) is 0 Å². The molecule has 0 aliphatic carbocycles. The molecule has 1 rings (SSSR count). The summed E-state index contributed by atoms with van der Waals surface area (Å²) < 4.78 is 4.55. The van der Waals surface area contributed by atoms with Gasteiger partial charge in [0.25, 0.3) is 0 Å². The van der Waals surface area contributed by atoms with Gasteiger partial charge in [0.2, 0.25) is 0 Å². The number of nitrogens with two attached hydrogens (primary N) is 1. The molecule has 0 aromatic heterocycles. The molecule has 0 aliphatic rings. The van der Waals surface area contributed by atoms with E-state index < -0.39 is 23.9 Å². The Kier molecular flexibility index (Phi) is 5.69. The molecular formula is C13H15NO5. The number of aliphatic carboxylic acids is 1. The molecule has 1 aromatic carbocycles. The fourth-order valence-corrected chi connectivity index (χ4v) is 1.38. The second kappa shape index (κ2) is 7.27. The van der Waals surface area contributed by atoms with Gasteiger partial charge < -0.3 is 15.6 Å². The van der Waals surface area contributed by atoms with Crippen LogP contribution in [0, 0.1) is 0 Å². The summed E-state index contributed by atoms with van der Waals surface area (Å²) in [5.74, 6) is -2.66. The number of carbonyl (C=O) groups excluding carboxylic acids is 2. The third-order valence-electron chi connectivity index (χ3n) is 2.38. The highest BCUT2D eigenvalue weighted by atomic mass is 16.6. The van der Waals surface area contributed by atoms with E-state index in [2.05, 4.69) is 4.74 Å². The van der Waals surface area contributed by atoms with Crippen LogP contribution in [0.1, 0.15) is 18.4 Å². The van der Waals surface area contributed by atoms with Gasteiger partial charge in [0, 0.05) is 6.42 Å². The zero-order valence-electron chi connectivity index (χ0n) is 10.2. The van der Waals surface area contributed by atoms with Gasteiger partial charge in [0.1, 0.15) is 6.04 Å². The standard InChI is InChI=1S/C13H15NO5/c14-10(6-7-11(15)16)13(18)19-12(17)8-9-4-2-1-3-5-9/h1-5,10H,6-8,14H2,(H,15,16)/t10-/m0/s1. The van der Waals surface area contributed by atoms with Crippen molar-refractivity contribution in [3.05, 3.63) is 35.9 Å². The van der Waals surface area contributed by atoms with Gasteiger partial charge in [-0.05, 0) is 12.0 Å². The van der Waals surface area contributed by atoms with E-state index in [9.17, 15) is 14.4 Å². The molecule has 0 saturated heterocycles. The highest BCUT2D eigenvalue weighted by Gasteiger charge is 2.19. The molecule has 0 amide bonds. The zero-order chi connectivity index (χ0) is 14.3. The minimum Gasteiger partial charge on any atom is -0.481 e. The molecule has 102 valence electrons. The average Bonchev–Trinajstić information content (AvgIpc) is 2.36. The fourth-order valence-electron chi connectivity index (χ4n) is 1.38. The molecule has 0 saturated carbocycles. The third-order valence-corrected chi connectivity index (χ3v) is 2.38. The van der Waals surface area contributed by atoms with Crippen LogP contribution >= 0.6 is 0 Å². The molecule has 6 heteroatoms. The summed E-state index contributed by atoms with van der Waals surface area (Å²) in [5.41, 5.74) is 6.14. The number of carboxylic acid groups (broad SMARTS) is 1. The summed E-state index contributed by atoms with van der Waals surface area (Å²) in [7, 11) is 0. The van der Waals surface area contributed by atoms with Gasteiger partial charge in [-0.3, -0.25) is 9.59 Å². The van der Waals surface area contributed by atoms with Crippen molar-refractivity contribution in [1.29, 1.82) is 0 Å². The monoisotopic (exact) mass is 265 g/mol. The van der Waals surface area contributed by atoms with Crippen molar-refractivity contribution >= 4 is 17.9 Å². The summed E-state index contributed by atoms with van der Waals surface area (Å²) in [4.78, 5) is 33.2. The van der Waals surface area contributed by atoms with Gasteiger partial charge >= 0.3 is 17.9 Å². The SMILES string of the molecule is N[C@@H](CCC(=O)O)C(=O)OC(=O)Cc1ccccc1. The van der Waals surface area contributed by atoms with Crippen LogP contribution in [0.15, 0.2) is 30.3 Å². The van der Waals surface area contributed by atoms with Crippen molar-refractivity contribution in [3.63, 3.8) is 0 Å². The largest absolute Gasteiger partial charge is 0.481 e. The van der Waals surface area contributed by atoms with Crippen molar-refractivity contribution in [3.8, 4) is 0 Å². The molecule has 1 aromatic rings. The molecule has 0 aliphatic heterocycles. The van der Waals surface area contributed by atoms with E-state index in [0.717, 1.165) is 5.56 Å². The zero-order valence-corrected chi connectivity index (χ0v) is 10.2. The van der Waals surface area contributed by atoms with Gasteiger partial charge in [-0.1, -0.05) is 30.3 Å². The number of rotatable bonds is 6. The van der Waals surface area contributed by atoms with Crippen molar-refractivity contribution in [2.45, 2.75) is 25.3 Å². The second-order valence-corrected chi connectivity index (χ2v) is 3.99. The highest BCUT2D eigenvalue weighted by Crippen LogP contribution is 2.03. The van der Waals surface area contributed by atoms with Crippen molar-refractivity contribution in [2.75, 3.05) is 0 Å². The van der Waals surface area contributed by atoms with Crippen LogP contribution in [0.25, 0.3) is 0 Å². The van der Waals surface area contributed by atoms with E-state index in [0.29, 0.717) is 0 Å². The summed E-state index contributed by atoms with van der Waals surface area (Å²) in [6.07, 6.45) is -0.339. The average molecular weight is 265 g/mol. The number of hydrogen-bond donors (Lipinski definition) is 2. The maximum Gasteiger partial charge on any atom is 0.330 e. The Balaban J connectivity index is 2.39. The normalized spacial score (nSPS) is 11.6. The molecule has 0 bridgehead atoms. The molecule has 1 atom stereocenters. The number of carbonyl (C=O) groups is 3. The van der Waals surface area contributed by atoms with Crippen molar-refractivity contribution < 1.29 is 24.2 Å². The smallest absolute Gasteiger partial charge is 0.330 e. The van der Waals surface area contributed by atoms with E-state index in [-0.39, 0.29) is 19.3 Å². The number of esters is 2. The number of ether oxygens (including phenoxy) is 1. The molecule has 0 fully saturated rings. The lowest BCUT2D eigenvalue weighted by molar-refractivity contribution is -0.160. The summed E-state index contributed by atoms with van der Waals surface area (Å²) in [5, 5.41) is 8.45. The van der Waals surface area contributed by atoms with Crippen LogP contribution in [-0.2, 0) is 25.5 Å². The molecule has 0 unspecified atom stereocenters. The first-order valence-electron chi connectivity index (χ1n) is 5.75. The van der Waals surface area contributed by atoms with Gasteiger partial charge in [-0.2, -0.15) is 0 Å². The van der Waals surface area contributed by atoms with E-state index in [1.165, 1.54) is 0 Å². The number of benzene rings is 1. The van der Waals surface area contributed by atoms with E-state index in [4.69, 9.17) is 10.8 Å². The molecule has 3 N–H and O–H groups in total. The first-order valence-corrected chi connectivity index (χ1v) is 5.75. The Morgan fingerprint density at radius 1 is 1.21 bits per heavy atom. The minimum absolute atomic E-state index is 0.0295. The van der Waals surface area contributed by atoms with Crippen molar-refractivity contribution in [1.82, 2.24) is 0 Å². The third kappa shape index (κ3) is 5.78. The van der Waals surface area contributed by atoms with Crippen LogP contribution < -0.4 is 5.73 Å². The Bertz CT molecular complexity index is 457. The second-order valence-electron chi connectivity index (χ2n) is 3.99. The van der Waals surface area contributed by atoms with E-state index in [1.54, 1.807) is 24.3 Å². The topological polar surface area (TPSA) is 107 Å². The summed E-state index contributed by atoms with van der Waals surface area (Å²) in [6, 6.07) is 7.70. The summed E-state index contributed by atoms with van der Waals surface area (Å²) in [6.45, 7) is 0. The van der Waals surface area contributed by atoms with Gasteiger partial charge in [0.05, 0.1) is 6.42 Å². The Labute approximate surface area is 110 Å². The lowest BCUT2D eigenvalue weighted by Crippen LogP contribution is -2.34. The Hall–Kier alpha value is -2.21. The summed E-state index contributed by atoms with van der Waals surface area (Å²) >= 11 is 0. The first kappa shape index (κ1) is 14.8. The fraction of sp³-hybridized carbons (Fsp3) is 0.308. The van der Waals surface area contributed by atoms with Gasteiger partial charge in [-0.25, -0.2) is 4.79 Å². The molecule has 0 heterocycles. The van der Waals surface area contributed by atoms with Crippen LogP contribution in [0.4, 0.5) is 0 Å². The predicted octanol–water partition coefficient (Wildman–Crippen LogP) is 0.491. The maximum absolute atomic E-state index is 11.5. The predicted molar refractivity (Wildman–Crippen MR) is 66.1 cm³/mol. The number of hydrogen-bond acceptors (Lipinski definition) is 5. The van der Waals surface area contributed by atoms with Crippen LogP contribution in [0.2, 0.25) is 0 Å².